The molecule has 0 aliphatic rings. The molecule has 0 aromatic carbocycles. The summed E-state index contributed by atoms with van der Waals surface area (Å²) >= 11 is 0. The molecule has 0 radical (unpaired) electrons. The lowest BCUT2D eigenvalue weighted by Gasteiger charge is -2.25. The average Bonchev–Trinajstić information content (AvgIpc) is 2.72. The van der Waals surface area contributed by atoms with Gasteiger partial charge in [0.25, 0.3) is 0 Å². The van der Waals surface area contributed by atoms with Crippen LogP contribution in [0.4, 0.5) is 0 Å². The van der Waals surface area contributed by atoms with E-state index < -0.39 is 0 Å². The molecule has 0 aliphatic carbocycles. The van der Waals surface area contributed by atoms with Gasteiger partial charge in [0.1, 0.15) is 0 Å². The number of likely N-dealkylation sites (N-methyl/N-ethyl adjacent to an activating group) is 6. The Morgan fingerprint density at radius 3 is 0.571 bits per heavy atom. The standard InChI is InChI=1S/C14H34N4.C8H20N2/c1-7-15(3)9-11-17(5)13-14-18(6)12-10-16(4)8-2;1-5-9(3)7-8-10(4)6-2/h7-14H2,1-6H3;5-8H2,1-4H3. The number of rotatable bonds is 16. The molecule has 6 heteroatoms. The predicted octanol–water partition coefficient (Wildman–Crippen LogP) is 1.64. The van der Waals surface area contributed by atoms with Gasteiger partial charge >= 0.3 is 0 Å². The Hall–Kier alpha value is -0.240. The van der Waals surface area contributed by atoms with E-state index in [2.05, 4.69) is 99.4 Å². The van der Waals surface area contributed by atoms with Crippen molar-refractivity contribution in [3.63, 3.8) is 0 Å². The van der Waals surface area contributed by atoms with Gasteiger partial charge in [-0.05, 0) is 68.5 Å². The molecule has 0 fully saturated rings. The highest BCUT2D eigenvalue weighted by molar-refractivity contribution is 4.61. The molecule has 6 nitrogen and oxygen atoms in total. The highest BCUT2D eigenvalue weighted by Crippen LogP contribution is 1.90. The maximum atomic E-state index is 2.42. The zero-order chi connectivity index (χ0) is 21.9. The minimum atomic E-state index is 1.14. The summed E-state index contributed by atoms with van der Waals surface area (Å²) < 4.78 is 0. The van der Waals surface area contributed by atoms with Crippen LogP contribution >= 0.6 is 0 Å². The first-order valence-corrected chi connectivity index (χ1v) is 11.3. The van der Waals surface area contributed by atoms with E-state index in [9.17, 15) is 0 Å². The van der Waals surface area contributed by atoms with Crippen LogP contribution in [0, 0.1) is 0 Å². The molecule has 0 bridgehead atoms. The van der Waals surface area contributed by atoms with E-state index in [0.717, 1.165) is 65.4 Å². The molecule has 0 saturated heterocycles. The summed E-state index contributed by atoms with van der Waals surface area (Å²) in [4.78, 5) is 14.2. The summed E-state index contributed by atoms with van der Waals surface area (Å²) in [6, 6.07) is 0. The Labute approximate surface area is 178 Å². The van der Waals surface area contributed by atoms with E-state index in [1.165, 1.54) is 13.1 Å². The van der Waals surface area contributed by atoms with Crippen molar-refractivity contribution < 1.29 is 0 Å². The van der Waals surface area contributed by atoms with E-state index in [1.54, 1.807) is 0 Å². The minimum Gasteiger partial charge on any atom is -0.305 e. The van der Waals surface area contributed by atoms with Crippen molar-refractivity contribution in [2.75, 3.05) is 121 Å². The number of hydrogen-bond donors (Lipinski definition) is 0. The van der Waals surface area contributed by atoms with Crippen molar-refractivity contribution >= 4 is 0 Å². The smallest absolute Gasteiger partial charge is 0.0107 e. The molecule has 172 valence electrons. The van der Waals surface area contributed by atoms with Gasteiger partial charge in [-0.3, -0.25) is 0 Å². The van der Waals surface area contributed by atoms with Gasteiger partial charge in [0.05, 0.1) is 0 Å². The normalized spacial score (nSPS) is 12.0. The van der Waals surface area contributed by atoms with Crippen LogP contribution in [-0.4, -0.2) is 150 Å². The van der Waals surface area contributed by atoms with Gasteiger partial charge in [-0.1, -0.05) is 27.7 Å². The Bertz CT molecular complexity index is 285. The highest BCUT2D eigenvalue weighted by Gasteiger charge is 2.04. The van der Waals surface area contributed by atoms with Crippen LogP contribution in [-0.2, 0) is 0 Å². The second kappa shape index (κ2) is 20.0. The SMILES string of the molecule is CCN(C)CCN(C)CC.CCN(C)CCN(C)CCN(C)CCN(C)CC. The fourth-order valence-electron chi connectivity index (χ4n) is 2.22. The van der Waals surface area contributed by atoms with Gasteiger partial charge in [-0.15, -0.1) is 0 Å². The van der Waals surface area contributed by atoms with Crippen LogP contribution in [0.3, 0.4) is 0 Å². The molecule has 0 aromatic heterocycles. The molecule has 0 aromatic rings. The van der Waals surface area contributed by atoms with Crippen LogP contribution in [0.2, 0.25) is 0 Å². The maximum Gasteiger partial charge on any atom is 0.0107 e. The monoisotopic (exact) mass is 402 g/mol. The van der Waals surface area contributed by atoms with Crippen LogP contribution in [0.25, 0.3) is 0 Å². The summed E-state index contributed by atoms with van der Waals surface area (Å²) in [5.74, 6) is 0. The van der Waals surface area contributed by atoms with E-state index >= 15 is 0 Å². The number of hydrogen-bond acceptors (Lipinski definition) is 6. The molecular formula is C22H54N6. The third-order valence-electron chi connectivity index (χ3n) is 5.61. The second-order valence-electron chi connectivity index (χ2n) is 8.19. The Kier molecular flexibility index (Phi) is 21.5. The first-order chi connectivity index (χ1) is 13.2. The number of nitrogens with zero attached hydrogens (tertiary/aromatic N) is 6. The first-order valence-electron chi connectivity index (χ1n) is 11.3. The second-order valence-corrected chi connectivity index (χ2v) is 8.19. The summed E-state index contributed by atoms with van der Waals surface area (Å²) in [6.45, 7) is 22.7. The molecule has 0 heterocycles. The fourth-order valence-corrected chi connectivity index (χ4v) is 2.22. The Balaban J connectivity index is 0. The fraction of sp³-hybridized carbons (Fsp3) is 1.00. The van der Waals surface area contributed by atoms with Crippen molar-refractivity contribution in [1.82, 2.24) is 29.4 Å². The van der Waals surface area contributed by atoms with Crippen molar-refractivity contribution in [3.8, 4) is 0 Å². The van der Waals surface area contributed by atoms with E-state index in [1.807, 2.05) is 0 Å². The lowest BCUT2D eigenvalue weighted by atomic mass is 10.4. The average molecular weight is 403 g/mol. The van der Waals surface area contributed by atoms with Crippen LogP contribution in [0.1, 0.15) is 27.7 Å². The van der Waals surface area contributed by atoms with E-state index in [4.69, 9.17) is 0 Å². The van der Waals surface area contributed by atoms with E-state index in [-0.39, 0.29) is 0 Å². The highest BCUT2D eigenvalue weighted by atomic mass is 15.2. The van der Waals surface area contributed by atoms with Crippen LogP contribution in [0.15, 0.2) is 0 Å². The van der Waals surface area contributed by atoms with Gasteiger partial charge < -0.3 is 29.4 Å². The zero-order valence-corrected chi connectivity index (χ0v) is 21.2. The van der Waals surface area contributed by atoms with E-state index in [0.29, 0.717) is 0 Å². The Morgan fingerprint density at radius 2 is 0.429 bits per heavy atom. The van der Waals surface area contributed by atoms with Gasteiger partial charge in [-0.25, -0.2) is 0 Å². The molecule has 0 rings (SSSR count). The van der Waals surface area contributed by atoms with Crippen molar-refractivity contribution in [3.05, 3.63) is 0 Å². The van der Waals surface area contributed by atoms with Crippen LogP contribution in [0.5, 0.6) is 0 Å². The van der Waals surface area contributed by atoms with Gasteiger partial charge in [0, 0.05) is 52.4 Å². The summed E-state index contributed by atoms with van der Waals surface area (Å²) in [6.07, 6.45) is 0. The lowest BCUT2D eigenvalue weighted by molar-refractivity contribution is 0.215. The Morgan fingerprint density at radius 1 is 0.286 bits per heavy atom. The molecule has 0 spiro atoms. The molecule has 0 N–H and O–H groups in total. The zero-order valence-electron chi connectivity index (χ0n) is 21.2. The molecule has 0 saturated carbocycles. The molecule has 0 amide bonds. The minimum absolute atomic E-state index is 1.14. The largest absolute Gasteiger partial charge is 0.305 e. The lowest BCUT2D eigenvalue weighted by Crippen LogP contribution is -2.38. The van der Waals surface area contributed by atoms with Gasteiger partial charge in [0.2, 0.25) is 0 Å². The maximum absolute atomic E-state index is 2.42. The topological polar surface area (TPSA) is 19.4 Å². The summed E-state index contributed by atoms with van der Waals surface area (Å²) in [7, 11) is 13.1. The quantitative estimate of drug-likeness (QED) is 0.388. The van der Waals surface area contributed by atoms with Crippen molar-refractivity contribution in [2.45, 2.75) is 27.7 Å². The molecule has 0 aliphatic heterocycles. The summed E-state index contributed by atoms with van der Waals surface area (Å²) in [5, 5.41) is 0. The van der Waals surface area contributed by atoms with Crippen molar-refractivity contribution in [1.29, 1.82) is 0 Å². The third-order valence-corrected chi connectivity index (χ3v) is 5.61. The molecule has 0 unspecified atom stereocenters. The van der Waals surface area contributed by atoms with Crippen molar-refractivity contribution in [2.24, 2.45) is 0 Å². The third kappa shape index (κ3) is 20.5. The summed E-state index contributed by atoms with van der Waals surface area (Å²) in [5.41, 5.74) is 0. The van der Waals surface area contributed by atoms with Crippen LogP contribution < -0.4 is 0 Å². The first kappa shape index (κ1) is 30.0. The van der Waals surface area contributed by atoms with Gasteiger partial charge in [-0.2, -0.15) is 0 Å². The molecule has 28 heavy (non-hydrogen) atoms. The predicted molar refractivity (Wildman–Crippen MR) is 128 cm³/mol. The van der Waals surface area contributed by atoms with Gasteiger partial charge in [0.15, 0.2) is 0 Å². The molecule has 0 atom stereocenters. The molecular weight excluding hydrogens is 348 g/mol.